The van der Waals surface area contributed by atoms with Gasteiger partial charge in [0.15, 0.2) is 0 Å². The Morgan fingerprint density at radius 1 is 1.60 bits per heavy atom. The van der Waals surface area contributed by atoms with Crippen LogP contribution in [-0.4, -0.2) is 40.6 Å². The fourth-order valence-corrected chi connectivity index (χ4v) is 1.93. The van der Waals surface area contributed by atoms with Crippen LogP contribution in [0.1, 0.15) is 42.7 Å². The molecule has 1 rings (SSSR count). The van der Waals surface area contributed by atoms with Gasteiger partial charge in [-0.25, -0.2) is 4.79 Å². The summed E-state index contributed by atoms with van der Waals surface area (Å²) in [5.41, 5.74) is 1.35. The van der Waals surface area contributed by atoms with Gasteiger partial charge in [-0.15, -0.1) is 0 Å². The number of aliphatic hydroxyl groups excluding tert-OH is 1. The third-order valence-corrected chi connectivity index (χ3v) is 3.21. The van der Waals surface area contributed by atoms with Crippen LogP contribution in [-0.2, 0) is 18.3 Å². The first kappa shape index (κ1) is 16.7. The molecule has 0 saturated carbocycles. The molecule has 20 heavy (non-hydrogen) atoms. The second kappa shape index (κ2) is 8.71. The maximum Gasteiger partial charge on any atom is 0.341 e. The number of esters is 1. The first-order valence-electron chi connectivity index (χ1n) is 7.09. The molecule has 0 fully saturated rings. The van der Waals surface area contributed by atoms with E-state index in [1.807, 2.05) is 14.0 Å². The Morgan fingerprint density at radius 2 is 2.35 bits per heavy atom. The minimum atomic E-state index is -0.327. The Balaban J connectivity index is 2.43. The molecule has 0 spiro atoms. The monoisotopic (exact) mass is 283 g/mol. The molecule has 1 aromatic rings. The Hall–Kier alpha value is -1.40. The molecule has 1 aromatic heterocycles. The summed E-state index contributed by atoms with van der Waals surface area (Å²) in [6.45, 7) is 5.83. The Kier molecular flexibility index (Phi) is 7.25. The van der Waals surface area contributed by atoms with E-state index in [4.69, 9.17) is 9.84 Å². The highest BCUT2D eigenvalue weighted by Crippen LogP contribution is 2.09. The lowest BCUT2D eigenvalue weighted by Gasteiger charge is -2.09. The lowest BCUT2D eigenvalue weighted by atomic mass is 10.1. The van der Waals surface area contributed by atoms with E-state index in [0.29, 0.717) is 24.6 Å². The fourth-order valence-electron chi connectivity index (χ4n) is 1.93. The van der Waals surface area contributed by atoms with E-state index in [0.717, 1.165) is 25.1 Å². The molecule has 6 heteroatoms. The zero-order valence-corrected chi connectivity index (χ0v) is 12.6. The molecule has 114 valence electrons. The molecule has 0 saturated heterocycles. The Labute approximate surface area is 120 Å². The number of aliphatic hydroxyl groups is 1. The molecule has 6 nitrogen and oxygen atoms in total. The number of carbonyl (C=O) groups is 1. The minimum absolute atomic E-state index is 0.231. The van der Waals surface area contributed by atoms with Gasteiger partial charge in [0.25, 0.3) is 0 Å². The Bertz CT molecular complexity index is 418. The smallest absolute Gasteiger partial charge is 0.341 e. The number of carbonyl (C=O) groups excluding carboxylic acids is 1. The molecule has 0 aliphatic rings. The third kappa shape index (κ3) is 4.94. The number of nitrogens with zero attached hydrogens (tertiary/aromatic N) is 2. The van der Waals surface area contributed by atoms with Gasteiger partial charge >= 0.3 is 5.97 Å². The van der Waals surface area contributed by atoms with Crippen molar-refractivity contribution in [3.63, 3.8) is 0 Å². The van der Waals surface area contributed by atoms with Crippen LogP contribution >= 0.6 is 0 Å². The summed E-state index contributed by atoms with van der Waals surface area (Å²) >= 11 is 0. The number of hydrogen-bond donors (Lipinski definition) is 2. The number of rotatable bonds is 9. The lowest BCUT2D eigenvalue weighted by Crippen LogP contribution is -2.20. The average molecular weight is 283 g/mol. The number of aryl methyl sites for hydroxylation is 1. The quantitative estimate of drug-likeness (QED) is 0.524. The molecule has 1 unspecified atom stereocenters. The van der Waals surface area contributed by atoms with Crippen molar-refractivity contribution in [3.8, 4) is 0 Å². The van der Waals surface area contributed by atoms with Gasteiger partial charge in [0.05, 0.1) is 18.5 Å². The van der Waals surface area contributed by atoms with Crippen molar-refractivity contribution < 1.29 is 14.6 Å². The van der Waals surface area contributed by atoms with Crippen molar-refractivity contribution in [1.82, 2.24) is 15.1 Å². The van der Waals surface area contributed by atoms with Gasteiger partial charge in [-0.1, -0.05) is 6.92 Å². The first-order chi connectivity index (χ1) is 9.60. The highest BCUT2D eigenvalue weighted by molar-refractivity contribution is 5.90. The fraction of sp³-hybridized carbons (Fsp3) is 0.714. The first-order valence-corrected chi connectivity index (χ1v) is 7.09. The molecule has 0 amide bonds. The molecule has 0 bridgehead atoms. The SMILES string of the molecule is CCOC(=O)c1cnn(C)c1CNCCCC(C)CO. The van der Waals surface area contributed by atoms with E-state index in [1.54, 1.807) is 17.8 Å². The van der Waals surface area contributed by atoms with Crippen molar-refractivity contribution >= 4 is 5.97 Å². The van der Waals surface area contributed by atoms with Crippen LogP contribution in [0.5, 0.6) is 0 Å². The number of nitrogens with one attached hydrogen (secondary N) is 1. The molecule has 0 aliphatic heterocycles. The highest BCUT2D eigenvalue weighted by atomic mass is 16.5. The summed E-state index contributed by atoms with van der Waals surface area (Å²) < 4.78 is 6.70. The van der Waals surface area contributed by atoms with Crippen LogP contribution in [0.2, 0.25) is 0 Å². The van der Waals surface area contributed by atoms with Gasteiger partial charge in [-0.2, -0.15) is 5.10 Å². The summed E-state index contributed by atoms with van der Waals surface area (Å²) in [4.78, 5) is 11.8. The third-order valence-electron chi connectivity index (χ3n) is 3.21. The maximum absolute atomic E-state index is 11.8. The summed E-state index contributed by atoms with van der Waals surface area (Å²) in [7, 11) is 1.81. The molecular weight excluding hydrogens is 258 g/mol. The van der Waals surface area contributed by atoms with Crippen LogP contribution in [0.4, 0.5) is 0 Å². The molecule has 1 atom stereocenters. The lowest BCUT2D eigenvalue weighted by molar-refractivity contribution is 0.0524. The van der Waals surface area contributed by atoms with E-state index < -0.39 is 0 Å². The second-order valence-electron chi connectivity index (χ2n) is 4.96. The van der Waals surface area contributed by atoms with Gasteiger partial charge < -0.3 is 15.2 Å². The van der Waals surface area contributed by atoms with Crippen molar-refractivity contribution in [2.75, 3.05) is 19.8 Å². The molecule has 0 aromatic carbocycles. The average Bonchev–Trinajstić information content (AvgIpc) is 2.80. The molecule has 1 heterocycles. The normalized spacial score (nSPS) is 12.4. The molecule has 2 N–H and O–H groups in total. The van der Waals surface area contributed by atoms with Crippen molar-refractivity contribution in [2.24, 2.45) is 13.0 Å². The van der Waals surface area contributed by atoms with Gasteiger partial charge in [0.2, 0.25) is 0 Å². The zero-order chi connectivity index (χ0) is 15.0. The predicted octanol–water partition coefficient (Wildman–Crippen LogP) is 1.09. The van der Waals surface area contributed by atoms with Crippen molar-refractivity contribution in [1.29, 1.82) is 0 Å². The summed E-state index contributed by atoms with van der Waals surface area (Å²) in [6, 6.07) is 0. The highest BCUT2D eigenvalue weighted by Gasteiger charge is 2.16. The van der Waals surface area contributed by atoms with E-state index in [1.165, 1.54) is 0 Å². The van der Waals surface area contributed by atoms with E-state index in [-0.39, 0.29) is 12.6 Å². The van der Waals surface area contributed by atoms with Crippen LogP contribution in [0.15, 0.2) is 6.20 Å². The zero-order valence-electron chi connectivity index (χ0n) is 12.6. The van der Waals surface area contributed by atoms with Crippen LogP contribution in [0, 0.1) is 5.92 Å². The van der Waals surface area contributed by atoms with E-state index >= 15 is 0 Å². The molecule has 0 aliphatic carbocycles. The summed E-state index contributed by atoms with van der Waals surface area (Å²) in [5, 5.41) is 16.3. The standard InChI is InChI=1S/C14H25N3O3/c1-4-20-14(19)12-8-16-17(3)13(12)9-15-7-5-6-11(2)10-18/h8,11,15,18H,4-7,9-10H2,1-3H3. The van der Waals surface area contributed by atoms with Crippen LogP contribution in [0.3, 0.4) is 0 Å². The van der Waals surface area contributed by atoms with Gasteiger partial charge in [0, 0.05) is 20.2 Å². The van der Waals surface area contributed by atoms with Crippen molar-refractivity contribution in [2.45, 2.75) is 33.2 Å². The largest absolute Gasteiger partial charge is 0.462 e. The summed E-state index contributed by atoms with van der Waals surface area (Å²) in [5.74, 6) is 0.00917. The maximum atomic E-state index is 11.8. The van der Waals surface area contributed by atoms with E-state index in [9.17, 15) is 4.79 Å². The Morgan fingerprint density at radius 3 is 3.00 bits per heavy atom. The van der Waals surface area contributed by atoms with Gasteiger partial charge in [0.1, 0.15) is 5.56 Å². The van der Waals surface area contributed by atoms with Gasteiger partial charge in [-0.3, -0.25) is 4.68 Å². The predicted molar refractivity (Wildman–Crippen MR) is 76.4 cm³/mol. The topological polar surface area (TPSA) is 76.4 Å². The minimum Gasteiger partial charge on any atom is -0.462 e. The number of aromatic nitrogens is 2. The molecule has 0 radical (unpaired) electrons. The van der Waals surface area contributed by atoms with Crippen LogP contribution in [0.25, 0.3) is 0 Å². The van der Waals surface area contributed by atoms with Gasteiger partial charge in [-0.05, 0) is 32.2 Å². The van der Waals surface area contributed by atoms with Crippen molar-refractivity contribution in [3.05, 3.63) is 17.5 Å². The second-order valence-corrected chi connectivity index (χ2v) is 4.96. The van der Waals surface area contributed by atoms with E-state index in [2.05, 4.69) is 10.4 Å². The number of ether oxygens (including phenoxy) is 1. The summed E-state index contributed by atoms with van der Waals surface area (Å²) in [6.07, 6.45) is 3.52. The number of hydrogen-bond acceptors (Lipinski definition) is 5. The molecular formula is C14H25N3O3. The van der Waals surface area contributed by atoms with Crippen LogP contribution < -0.4 is 5.32 Å².